The fourth-order valence-corrected chi connectivity index (χ4v) is 4.63. The maximum absolute atomic E-state index is 12.6. The molecule has 2 aromatic heterocycles. The van der Waals surface area contributed by atoms with Crippen LogP contribution in [-0.2, 0) is 22.6 Å². The van der Waals surface area contributed by atoms with Crippen LogP contribution < -0.4 is 10.6 Å². The van der Waals surface area contributed by atoms with Gasteiger partial charge in [-0.15, -0.1) is 21.5 Å². The number of hydrogen-bond donors (Lipinski definition) is 2. The molecule has 31 heavy (non-hydrogen) atoms. The fraction of sp³-hybridized carbons (Fsp3) is 0.350. The number of hydrogen-bond acceptors (Lipinski definition) is 7. The van der Waals surface area contributed by atoms with Crippen LogP contribution in [0.2, 0.25) is 5.02 Å². The Balaban J connectivity index is 1.64. The molecule has 8 nitrogen and oxygen atoms in total. The number of benzene rings is 1. The van der Waals surface area contributed by atoms with Crippen LogP contribution in [0.15, 0.2) is 29.4 Å². The Kier molecular flexibility index (Phi) is 7.69. The van der Waals surface area contributed by atoms with Gasteiger partial charge >= 0.3 is 0 Å². The molecule has 0 radical (unpaired) electrons. The molecule has 0 aliphatic heterocycles. The van der Waals surface area contributed by atoms with Crippen molar-refractivity contribution in [3.8, 4) is 0 Å². The van der Waals surface area contributed by atoms with Gasteiger partial charge in [0.1, 0.15) is 5.82 Å². The van der Waals surface area contributed by atoms with Gasteiger partial charge < -0.3 is 15.2 Å². The van der Waals surface area contributed by atoms with Crippen LogP contribution in [0.5, 0.6) is 0 Å². The van der Waals surface area contributed by atoms with Crippen LogP contribution in [0.25, 0.3) is 0 Å². The van der Waals surface area contributed by atoms with Crippen molar-refractivity contribution in [1.29, 1.82) is 0 Å². The molecule has 1 atom stereocenters. The van der Waals surface area contributed by atoms with Gasteiger partial charge in [-0.1, -0.05) is 35.5 Å². The summed E-state index contributed by atoms with van der Waals surface area (Å²) in [6.45, 7) is 8.19. The Morgan fingerprint density at radius 2 is 1.97 bits per heavy atom. The molecule has 0 saturated heterocycles. The lowest BCUT2D eigenvalue weighted by Gasteiger charge is -2.12. The zero-order chi connectivity index (χ0) is 22.5. The molecule has 0 aliphatic carbocycles. The van der Waals surface area contributed by atoms with E-state index < -0.39 is 5.25 Å². The minimum absolute atomic E-state index is 0.0465. The Labute approximate surface area is 193 Å². The summed E-state index contributed by atoms with van der Waals surface area (Å²) in [5.74, 6) is 0.114. The van der Waals surface area contributed by atoms with Crippen molar-refractivity contribution in [2.24, 2.45) is 0 Å². The van der Waals surface area contributed by atoms with Gasteiger partial charge in [0.15, 0.2) is 10.3 Å². The van der Waals surface area contributed by atoms with E-state index in [-0.39, 0.29) is 18.2 Å². The van der Waals surface area contributed by atoms with Crippen molar-refractivity contribution in [2.75, 3.05) is 10.6 Å². The number of aryl methyl sites for hydroxylation is 2. The lowest BCUT2D eigenvalue weighted by Crippen LogP contribution is -2.23. The van der Waals surface area contributed by atoms with E-state index in [1.807, 2.05) is 25.3 Å². The number of amides is 2. The smallest absolute Gasteiger partial charge is 0.239 e. The monoisotopic (exact) mass is 478 g/mol. The number of para-hydroxylation sites is 1. The van der Waals surface area contributed by atoms with Crippen LogP contribution in [-0.4, -0.2) is 36.8 Å². The Morgan fingerprint density at radius 1 is 1.23 bits per heavy atom. The SMILES string of the molecule is CCn1c(CC(=O)Nc2ccccc2Cl)nnc1SC(C)C(=O)Nc1nc(C)c(C)s1. The van der Waals surface area contributed by atoms with E-state index in [2.05, 4.69) is 25.8 Å². The Hall–Kier alpha value is -2.43. The first kappa shape index (κ1) is 23.2. The van der Waals surface area contributed by atoms with Gasteiger partial charge in [0.25, 0.3) is 0 Å². The molecule has 164 valence electrons. The number of anilines is 2. The maximum Gasteiger partial charge on any atom is 0.239 e. The van der Waals surface area contributed by atoms with Gasteiger partial charge in [0.2, 0.25) is 11.8 Å². The third kappa shape index (κ3) is 5.84. The number of nitrogens with zero attached hydrogens (tertiary/aromatic N) is 4. The number of aromatic nitrogens is 4. The fourth-order valence-electron chi connectivity index (χ4n) is 2.70. The molecule has 2 amide bonds. The van der Waals surface area contributed by atoms with Crippen molar-refractivity contribution in [3.63, 3.8) is 0 Å². The van der Waals surface area contributed by atoms with Gasteiger partial charge in [0.05, 0.1) is 28.1 Å². The largest absolute Gasteiger partial charge is 0.324 e. The number of carbonyl (C=O) groups is 2. The van der Waals surface area contributed by atoms with Crippen molar-refractivity contribution in [1.82, 2.24) is 19.7 Å². The van der Waals surface area contributed by atoms with Gasteiger partial charge in [0, 0.05) is 11.4 Å². The lowest BCUT2D eigenvalue weighted by molar-refractivity contribution is -0.116. The van der Waals surface area contributed by atoms with Crippen LogP contribution in [0.4, 0.5) is 10.8 Å². The molecular weight excluding hydrogens is 456 g/mol. The van der Waals surface area contributed by atoms with E-state index in [0.717, 1.165) is 10.6 Å². The predicted molar refractivity (Wildman–Crippen MR) is 125 cm³/mol. The average Bonchev–Trinajstić information content (AvgIpc) is 3.25. The van der Waals surface area contributed by atoms with Gasteiger partial charge in [-0.25, -0.2) is 4.98 Å². The van der Waals surface area contributed by atoms with E-state index in [1.165, 1.54) is 23.1 Å². The quantitative estimate of drug-likeness (QED) is 0.467. The van der Waals surface area contributed by atoms with E-state index in [0.29, 0.717) is 33.4 Å². The molecule has 0 aliphatic rings. The average molecular weight is 479 g/mol. The highest BCUT2D eigenvalue weighted by atomic mass is 35.5. The molecule has 1 aromatic carbocycles. The zero-order valence-corrected chi connectivity index (χ0v) is 20.0. The number of nitrogens with one attached hydrogen (secondary N) is 2. The molecule has 0 spiro atoms. The van der Waals surface area contributed by atoms with Crippen LogP contribution in [0.1, 0.15) is 30.2 Å². The molecule has 11 heteroatoms. The first-order valence-corrected chi connectivity index (χ1v) is 11.7. The van der Waals surface area contributed by atoms with E-state index >= 15 is 0 Å². The standard InChI is InChI=1S/C20H23ClN6O2S2/c1-5-27-16(10-17(28)23-15-9-7-6-8-14(15)21)25-26-20(27)31-13(4)18(29)24-19-22-11(2)12(3)30-19/h6-9,13H,5,10H2,1-4H3,(H,23,28)(H,22,24,29). The predicted octanol–water partition coefficient (Wildman–Crippen LogP) is 4.33. The molecule has 3 aromatic rings. The summed E-state index contributed by atoms with van der Waals surface area (Å²) in [4.78, 5) is 30.4. The first-order valence-electron chi connectivity index (χ1n) is 9.66. The third-order valence-electron chi connectivity index (χ3n) is 4.49. The first-order chi connectivity index (χ1) is 14.8. The molecule has 3 rings (SSSR count). The molecule has 0 bridgehead atoms. The number of thiazole rings is 1. The second kappa shape index (κ2) is 10.3. The topological polar surface area (TPSA) is 102 Å². The summed E-state index contributed by atoms with van der Waals surface area (Å²) in [5, 5.41) is 15.2. The highest BCUT2D eigenvalue weighted by Crippen LogP contribution is 2.26. The van der Waals surface area contributed by atoms with Crippen LogP contribution >= 0.6 is 34.7 Å². The summed E-state index contributed by atoms with van der Waals surface area (Å²) in [5.41, 5.74) is 1.45. The second-order valence-electron chi connectivity index (χ2n) is 6.76. The summed E-state index contributed by atoms with van der Waals surface area (Å²) in [6.07, 6.45) is 0.0465. The van der Waals surface area contributed by atoms with Gasteiger partial charge in [-0.2, -0.15) is 0 Å². The molecule has 2 heterocycles. The second-order valence-corrected chi connectivity index (χ2v) is 9.68. The maximum atomic E-state index is 12.6. The summed E-state index contributed by atoms with van der Waals surface area (Å²) in [7, 11) is 0. The van der Waals surface area contributed by atoms with Crippen molar-refractivity contribution in [2.45, 2.75) is 51.1 Å². The van der Waals surface area contributed by atoms with Crippen molar-refractivity contribution in [3.05, 3.63) is 45.7 Å². The highest BCUT2D eigenvalue weighted by molar-refractivity contribution is 8.00. The molecule has 0 fully saturated rings. The van der Waals surface area contributed by atoms with Crippen LogP contribution in [0.3, 0.4) is 0 Å². The van der Waals surface area contributed by atoms with Crippen LogP contribution in [0, 0.1) is 13.8 Å². The molecule has 2 N–H and O–H groups in total. The minimum Gasteiger partial charge on any atom is -0.324 e. The van der Waals surface area contributed by atoms with Gasteiger partial charge in [-0.05, 0) is 39.8 Å². The van der Waals surface area contributed by atoms with Gasteiger partial charge in [-0.3, -0.25) is 9.59 Å². The number of halogens is 1. The van der Waals surface area contributed by atoms with E-state index in [1.54, 1.807) is 31.2 Å². The Morgan fingerprint density at radius 3 is 2.61 bits per heavy atom. The molecule has 0 saturated carbocycles. The number of carbonyl (C=O) groups excluding carboxylic acids is 2. The van der Waals surface area contributed by atoms with Crippen molar-refractivity contribution >= 4 is 57.3 Å². The minimum atomic E-state index is -0.413. The summed E-state index contributed by atoms with van der Waals surface area (Å²) < 4.78 is 1.83. The number of thioether (sulfide) groups is 1. The normalized spacial score (nSPS) is 11.9. The summed E-state index contributed by atoms with van der Waals surface area (Å²) in [6, 6.07) is 7.04. The summed E-state index contributed by atoms with van der Waals surface area (Å²) >= 11 is 8.83. The molecule has 1 unspecified atom stereocenters. The van der Waals surface area contributed by atoms with E-state index in [4.69, 9.17) is 11.6 Å². The third-order valence-corrected chi connectivity index (χ3v) is 6.88. The number of rotatable bonds is 8. The van der Waals surface area contributed by atoms with E-state index in [9.17, 15) is 9.59 Å². The molecular formula is C20H23ClN6O2S2. The van der Waals surface area contributed by atoms with Crippen molar-refractivity contribution < 1.29 is 9.59 Å². The Bertz CT molecular complexity index is 1080. The lowest BCUT2D eigenvalue weighted by atomic mass is 10.3. The zero-order valence-electron chi connectivity index (χ0n) is 17.6. The highest BCUT2D eigenvalue weighted by Gasteiger charge is 2.22.